The first-order valence-corrected chi connectivity index (χ1v) is 9.45. The molecule has 1 atom stereocenters. The maximum Gasteiger partial charge on any atom is 0.263 e. The Morgan fingerprint density at radius 3 is 2.50 bits per heavy atom. The minimum Gasteiger partial charge on any atom is -0.481 e. The van der Waals surface area contributed by atoms with Gasteiger partial charge in [0.15, 0.2) is 6.10 Å². The van der Waals surface area contributed by atoms with E-state index in [1.807, 2.05) is 80.1 Å². The van der Waals surface area contributed by atoms with E-state index in [2.05, 4.69) is 5.10 Å². The molecule has 0 bridgehead atoms. The summed E-state index contributed by atoms with van der Waals surface area (Å²) >= 11 is 0. The molecule has 0 unspecified atom stereocenters. The van der Waals surface area contributed by atoms with Crippen LogP contribution in [0.1, 0.15) is 29.4 Å². The molecule has 5 nitrogen and oxygen atoms in total. The smallest absolute Gasteiger partial charge is 0.263 e. The van der Waals surface area contributed by atoms with Crippen LogP contribution in [0.2, 0.25) is 0 Å². The van der Waals surface area contributed by atoms with Crippen LogP contribution < -0.4 is 4.74 Å². The minimum atomic E-state index is -0.559. The molecule has 146 valence electrons. The van der Waals surface area contributed by atoms with E-state index in [4.69, 9.17) is 4.74 Å². The van der Waals surface area contributed by atoms with E-state index in [1.54, 1.807) is 18.9 Å². The molecule has 2 aromatic carbocycles. The van der Waals surface area contributed by atoms with Crippen LogP contribution in [-0.4, -0.2) is 33.7 Å². The second-order valence-electron chi connectivity index (χ2n) is 7.17. The molecule has 0 fully saturated rings. The number of carbonyl (C=O) groups is 1. The van der Waals surface area contributed by atoms with Crippen molar-refractivity contribution < 1.29 is 9.53 Å². The first kappa shape index (κ1) is 19.7. The number of aryl methyl sites for hydroxylation is 2. The Bertz CT molecular complexity index is 963. The van der Waals surface area contributed by atoms with Crippen LogP contribution in [0, 0.1) is 20.8 Å². The summed E-state index contributed by atoms with van der Waals surface area (Å²) in [7, 11) is 1.80. The number of benzene rings is 2. The minimum absolute atomic E-state index is 0.0623. The lowest BCUT2D eigenvalue weighted by Crippen LogP contribution is -2.37. The van der Waals surface area contributed by atoms with Gasteiger partial charge in [-0.3, -0.25) is 4.79 Å². The summed E-state index contributed by atoms with van der Waals surface area (Å²) in [5.74, 6) is 0.645. The average molecular weight is 377 g/mol. The standard InChI is InChI=1S/C23H27N3O2/c1-16-10-9-13-21(14-16)28-19(4)23(27)25(5)15-22-17(2)24-26(18(22)3)20-11-7-6-8-12-20/h6-14,19H,15H2,1-5H3/t19-/m0/s1. The van der Waals surface area contributed by atoms with E-state index in [1.165, 1.54) is 0 Å². The first-order valence-electron chi connectivity index (χ1n) is 9.45. The first-order chi connectivity index (χ1) is 13.4. The van der Waals surface area contributed by atoms with Crippen molar-refractivity contribution in [2.75, 3.05) is 7.05 Å². The fourth-order valence-electron chi connectivity index (χ4n) is 3.29. The molecule has 1 aromatic heterocycles. The highest BCUT2D eigenvalue weighted by Crippen LogP contribution is 2.20. The third-order valence-electron chi connectivity index (χ3n) is 4.86. The molecule has 5 heteroatoms. The summed E-state index contributed by atoms with van der Waals surface area (Å²) in [6.45, 7) is 8.29. The van der Waals surface area contributed by atoms with Gasteiger partial charge in [0.1, 0.15) is 5.75 Å². The molecule has 0 saturated heterocycles. The van der Waals surface area contributed by atoms with Gasteiger partial charge in [0.25, 0.3) is 5.91 Å². The van der Waals surface area contributed by atoms with Crippen LogP contribution >= 0.6 is 0 Å². The van der Waals surface area contributed by atoms with Crippen LogP contribution in [-0.2, 0) is 11.3 Å². The van der Waals surface area contributed by atoms with Gasteiger partial charge >= 0.3 is 0 Å². The summed E-state index contributed by atoms with van der Waals surface area (Å²) in [5, 5.41) is 4.66. The Balaban J connectivity index is 1.73. The van der Waals surface area contributed by atoms with Gasteiger partial charge in [-0.2, -0.15) is 5.10 Å². The summed E-state index contributed by atoms with van der Waals surface area (Å²) in [5.41, 5.74) is 5.14. The normalized spacial score (nSPS) is 11.9. The molecule has 0 radical (unpaired) electrons. The molecule has 0 aliphatic carbocycles. The fraction of sp³-hybridized carbons (Fsp3) is 0.304. The number of nitrogens with zero attached hydrogens (tertiary/aromatic N) is 3. The van der Waals surface area contributed by atoms with E-state index in [0.29, 0.717) is 12.3 Å². The number of carbonyl (C=O) groups excluding carboxylic acids is 1. The van der Waals surface area contributed by atoms with E-state index >= 15 is 0 Å². The van der Waals surface area contributed by atoms with E-state index in [-0.39, 0.29) is 5.91 Å². The van der Waals surface area contributed by atoms with Crippen LogP contribution in [0.5, 0.6) is 5.75 Å². The van der Waals surface area contributed by atoms with Crippen LogP contribution in [0.15, 0.2) is 54.6 Å². The Morgan fingerprint density at radius 2 is 1.82 bits per heavy atom. The second kappa shape index (κ2) is 8.30. The summed E-state index contributed by atoms with van der Waals surface area (Å²) in [6, 6.07) is 17.7. The third-order valence-corrected chi connectivity index (χ3v) is 4.86. The molecule has 1 heterocycles. The van der Waals surface area contributed by atoms with Gasteiger partial charge in [-0.15, -0.1) is 0 Å². The van der Waals surface area contributed by atoms with E-state index < -0.39 is 6.10 Å². The molecule has 1 amide bonds. The summed E-state index contributed by atoms with van der Waals surface area (Å²) in [6.07, 6.45) is -0.559. The van der Waals surface area contributed by atoms with Crippen LogP contribution in [0.3, 0.4) is 0 Å². The van der Waals surface area contributed by atoms with Crippen LogP contribution in [0.25, 0.3) is 5.69 Å². The molecular weight excluding hydrogens is 350 g/mol. The summed E-state index contributed by atoms with van der Waals surface area (Å²) < 4.78 is 7.77. The Kier molecular flexibility index (Phi) is 5.83. The average Bonchev–Trinajstić information content (AvgIpc) is 2.96. The number of aromatic nitrogens is 2. The predicted molar refractivity (Wildman–Crippen MR) is 111 cm³/mol. The lowest BCUT2D eigenvalue weighted by atomic mass is 10.1. The lowest BCUT2D eigenvalue weighted by Gasteiger charge is -2.22. The van der Waals surface area contributed by atoms with Gasteiger partial charge in [-0.25, -0.2) is 4.68 Å². The molecule has 3 aromatic rings. The lowest BCUT2D eigenvalue weighted by molar-refractivity contribution is -0.137. The van der Waals surface area contributed by atoms with Crippen LogP contribution in [0.4, 0.5) is 0 Å². The highest BCUT2D eigenvalue weighted by Gasteiger charge is 2.22. The quantitative estimate of drug-likeness (QED) is 0.646. The zero-order valence-electron chi connectivity index (χ0n) is 17.1. The number of amides is 1. The van der Waals surface area contributed by atoms with Crippen molar-refractivity contribution in [1.29, 1.82) is 0 Å². The molecular formula is C23H27N3O2. The highest BCUT2D eigenvalue weighted by atomic mass is 16.5. The number of ether oxygens (including phenoxy) is 1. The molecule has 0 spiro atoms. The van der Waals surface area contributed by atoms with Gasteiger partial charge in [0.2, 0.25) is 0 Å². The van der Waals surface area contributed by atoms with Crippen molar-refractivity contribution in [2.45, 2.75) is 40.3 Å². The van der Waals surface area contributed by atoms with E-state index in [9.17, 15) is 4.79 Å². The Hall–Kier alpha value is -3.08. The molecule has 0 aliphatic rings. The molecule has 0 saturated carbocycles. The Morgan fingerprint density at radius 1 is 1.11 bits per heavy atom. The molecule has 0 aliphatic heterocycles. The maximum absolute atomic E-state index is 12.8. The number of likely N-dealkylation sites (N-methyl/N-ethyl adjacent to an activating group) is 1. The van der Waals surface area contributed by atoms with Crippen molar-refractivity contribution >= 4 is 5.91 Å². The van der Waals surface area contributed by atoms with Gasteiger partial charge in [0.05, 0.1) is 11.4 Å². The van der Waals surface area contributed by atoms with Gasteiger partial charge in [-0.1, -0.05) is 30.3 Å². The molecule has 3 rings (SSSR count). The number of hydrogen-bond acceptors (Lipinski definition) is 3. The largest absolute Gasteiger partial charge is 0.481 e. The topological polar surface area (TPSA) is 47.4 Å². The van der Waals surface area contributed by atoms with Crippen molar-refractivity contribution in [2.24, 2.45) is 0 Å². The number of rotatable bonds is 6. The van der Waals surface area contributed by atoms with Crippen molar-refractivity contribution in [3.05, 3.63) is 77.1 Å². The highest BCUT2D eigenvalue weighted by molar-refractivity contribution is 5.80. The zero-order chi connectivity index (χ0) is 20.3. The van der Waals surface area contributed by atoms with Crippen molar-refractivity contribution in [1.82, 2.24) is 14.7 Å². The zero-order valence-corrected chi connectivity index (χ0v) is 17.1. The van der Waals surface area contributed by atoms with Gasteiger partial charge in [-0.05, 0) is 57.5 Å². The summed E-state index contributed by atoms with van der Waals surface area (Å²) in [4.78, 5) is 14.5. The SMILES string of the molecule is Cc1cccc(O[C@@H](C)C(=O)N(C)Cc2c(C)nn(-c3ccccc3)c2C)c1. The van der Waals surface area contributed by atoms with E-state index in [0.717, 1.165) is 28.2 Å². The number of hydrogen-bond donors (Lipinski definition) is 0. The van der Waals surface area contributed by atoms with Crippen molar-refractivity contribution in [3.8, 4) is 11.4 Å². The monoisotopic (exact) mass is 377 g/mol. The third kappa shape index (κ3) is 4.25. The Labute approximate surface area is 166 Å². The molecule has 28 heavy (non-hydrogen) atoms. The fourth-order valence-corrected chi connectivity index (χ4v) is 3.29. The predicted octanol–water partition coefficient (Wildman–Crippen LogP) is 4.22. The molecule has 0 N–H and O–H groups in total. The second-order valence-corrected chi connectivity index (χ2v) is 7.17. The van der Waals surface area contributed by atoms with Crippen molar-refractivity contribution in [3.63, 3.8) is 0 Å². The maximum atomic E-state index is 12.8. The number of para-hydroxylation sites is 1. The van der Waals surface area contributed by atoms with Gasteiger partial charge < -0.3 is 9.64 Å². The van der Waals surface area contributed by atoms with Gasteiger partial charge in [0, 0.05) is 24.8 Å².